The molecule has 1 aromatic carbocycles. The number of ether oxygens (including phenoxy) is 3. The number of esters is 1. The summed E-state index contributed by atoms with van der Waals surface area (Å²) in [6, 6.07) is 5.33. The Kier molecular flexibility index (Phi) is 4.18. The number of fused-ring (bicyclic) bond motifs is 1. The van der Waals surface area contributed by atoms with Gasteiger partial charge in [0.25, 0.3) is 0 Å². The minimum Gasteiger partial charge on any atom is -0.459 e. The molecule has 0 bridgehead atoms. The van der Waals surface area contributed by atoms with E-state index < -0.39 is 5.60 Å². The van der Waals surface area contributed by atoms with E-state index in [2.05, 4.69) is 5.32 Å². The maximum atomic E-state index is 11.9. The van der Waals surface area contributed by atoms with Gasteiger partial charge in [-0.3, -0.25) is 4.79 Å². The van der Waals surface area contributed by atoms with Crippen LogP contribution in [0, 0.1) is 0 Å². The Morgan fingerprint density at radius 2 is 2.15 bits per heavy atom. The molecule has 5 heteroatoms. The van der Waals surface area contributed by atoms with Gasteiger partial charge in [-0.05, 0) is 33.8 Å². The summed E-state index contributed by atoms with van der Waals surface area (Å²) in [7, 11) is 0. The molecule has 110 valence electrons. The zero-order valence-corrected chi connectivity index (χ0v) is 12.4. The molecule has 0 amide bonds. The first-order valence-corrected chi connectivity index (χ1v) is 6.70. The summed E-state index contributed by atoms with van der Waals surface area (Å²) in [6.45, 7) is 8.11. The van der Waals surface area contributed by atoms with Gasteiger partial charge in [-0.15, -0.1) is 0 Å². The molecule has 0 fully saturated rings. The molecule has 1 aliphatic heterocycles. The van der Waals surface area contributed by atoms with Crippen LogP contribution in [0.5, 0.6) is 11.5 Å². The molecule has 0 spiro atoms. The third kappa shape index (κ3) is 3.63. The van der Waals surface area contributed by atoms with Crippen LogP contribution < -0.4 is 14.8 Å². The highest BCUT2D eigenvalue weighted by molar-refractivity contribution is 5.75. The second-order valence-electron chi connectivity index (χ2n) is 5.79. The molecule has 5 nitrogen and oxygen atoms in total. The van der Waals surface area contributed by atoms with Gasteiger partial charge >= 0.3 is 5.97 Å². The highest BCUT2D eigenvalue weighted by Gasteiger charge is 2.22. The Hall–Kier alpha value is -1.75. The average molecular weight is 279 g/mol. The second-order valence-corrected chi connectivity index (χ2v) is 5.79. The lowest BCUT2D eigenvalue weighted by Crippen LogP contribution is -2.38. The van der Waals surface area contributed by atoms with E-state index in [1.165, 1.54) is 0 Å². The summed E-state index contributed by atoms with van der Waals surface area (Å²) in [5, 5.41) is 3.14. The molecule has 0 saturated carbocycles. The van der Waals surface area contributed by atoms with Gasteiger partial charge in [0.2, 0.25) is 6.79 Å². The first kappa shape index (κ1) is 14.7. The number of benzene rings is 1. The Morgan fingerprint density at radius 3 is 2.85 bits per heavy atom. The summed E-state index contributed by atoms with van der Waals surface area (Å²) in [4.78, 5) is 11.9. The normalized spacial score (nSPS) is 15.0. The zero-order valence-electron chi connectivity index (χ0n) is 12.4. The summed E-state index contributed by atoms with van der Waals surface area (Å²) < 4.78 is 16.1. The third-order valence-electron chi connectivity index (χ3n) is 2.84. The summed E-state index contributed by atoms with van der Waals surface area (Å²) in [5.41, 5.74) is 0.494. The van der Waals surface area contributed by atoms with Crippen molar-refractivity contribution in [3.8, 4) is 11.5 Å². The van der Waals surface area contributed by atoms with Crippen LogP contribution in [0.25, 0.3) is 0 Å². The monoisotopic (exact) mass is 279 g/mol. The molecule has 0 saturated heterocycles. The van der Waals surface area contributed by atoms with Crippen molar-refractivity contribution in [2.45, 2.75) is 45.9 Å². The van der Waals surface area contributed by atoms with Crippen molar-refractivity contribution in [3.05, 3.63) is 23.8 Å². The van der Waals surface area contributed by atoms with Crippen LogP contribution in [0.2, 0.25) is 0 Å². The molecule has 0 radical (unpaired) electrons. The Balaban J connectivity index is 1.92. The van der Waals surface area contributed by atoms with E-state index in [1.807, 2.05) is 39.0 Å². The highest BCUT2D eigenvalue weighted by Crippen LogP contribution is 2.35. The average Bonchev–Trinajstić information content (AvgIpc) is 2.82. The van der Waals surface area contributed by atoms with Crippen LogP contribution in [0.15, 0.2) is 18.2 Å². The maximum Gasteiger partial charge on any atom is 0.323 e. The number of para-hydroxylation sites is 1. The highest BCUT2D eigenvalue weighted by atomic mass is 16.7. The predicted octanol–water partition coefficient (Wildman–Crippen LogP) is 2.24. The van der Waals surface area contributed by atoms with Crippen molar-refractivity contribution < 1.29 is 19.0 Å². The second kappa shape index (κ2) is 5.71. The van der Waals surface area contributed by atoms with Gasteiger partial charge in [-0.25, -0.2) is 0 Å². The predicted molar refractivity (Wildman–Crippen MR) is 74.7 cm³/mol. The molecule has 1 aromatic rings. The Bertz CT molecular complexity index is 493. The lowest BCUT2D eigenvalue weighted by molar-refractivity contribution is -0.157. The van der Waals surface area contributed by atoms with Gasteiger partial charge in [-0.2, -0.15) is 0 Å². The van der Waals surface area contributed by atoms with E-state index in [0.29, 0.717) is 6.54 Å². The fraction of sp³-hybridized carbons (Fsp3) is 0.533. The van der Waals surface area contributed by atoms with Crippen molar-refractivity contribution in [1.82, 2.24) is 5.32 Å². The maximum absolute atomic E-state index is 11.9. The molecule has 1 unspecified atom stereocenters. The van der Waals surface area contributed by atoms with E-state index in [4.69, 9.17) is 14.2 Å². The standard InChI is InChI=1S/C15H21NO4/c1-10(14(17)20-15(2,3)4)16-8-11-6-5-7-12-13(11)19-9-18-12/h5-7,10,16H,8-9H2,1-4H3. The van der Waals surface area contributed by atoms with Crippen LogP contribution >= 0.6 is 0 Å². The number of carbonyl (C=O) groups is 1. The van der Waals surface area contributed by atoms with Gasteiger partial charge in [0.15, 0.2) is 11.5 Å². The van der Waals surface area contributed by atoms with Gasteiger partial charge in [0, 0.05) is 12.1 Å². The lowest BCUT2D eigenvalue weighted by Gasteiger charge is -2.22. The first-order chi connectivity index (χ1) is 9.37. The smallest absolute Gasteiger partial charge is 0.323 e. The van der Waals surface area contributed by atoms with Crippen molar-refractivity contribution >= 4 is 5.97 Å². The topological polar surface area (TPSA) is 56.8 Å². The van der Waals surface area contributed by atoms with E-state index in [9.17, 15) is 4.79 Å². The fourth-order valence-corrected chi connectivity index (χ4v) is 1.87. The molecule has 1 aliphatic rings. The SMILES string of the molecule is CC(NCc1cccc2c1OCO2)C(=O)OC(C)(C)C. The molecule has 2 rings (SSSR count). The van der Waals surface area contributed by atoms with E-state index in [-0.39, 0.29) is 18.8 Å². The van der Waals surface area contributed by atoms with Crippen LogP contribution in [-0.2, 0) is 16.1 Å². The number of nitrogens with one attached hydrogen (secondary N) is 1. The molecule has 20 heavy (non-hydrogen) atoms. The molecule has 1 N–H and O–H groups in total. The Labute approximate surface area is 119 Å². The Morgan fingerprint density at radius 1 is 1.40 bits per heavy atom. The number of rotatable bonds is 4. The minimum absolute atomic E-state index is 0.244. The van der Waals surface area contributed by atoms with Crippen molar-refractivity contribution in [1.29, 1.82) is 0 Å². The number of carbonyl (C=O) groups excluding carboxylic acids is 1. The van der Waals surface area contributed by atoms with Crippen molar-refractivity contribution in [2.24, 2.45) is 0 Å². The number of hydrogen-bond acceptors (Lipinski definition) is 5. The van der Waals surface area contributed by atoms with Crippen molar-refractivity contribution in [2.75, 3.05) is 6.79 Å². The van der Waals surface area contributed by atoms with Crippen LogP contribution in [0.1, 0.15) is 33.3 Å². The fourth-order valence-electron chi connectivity index (χ4n) is 1.87. The molecular weight excluding hydrogens is 258 g/mol. The number of hydrogen-bond donors (Lipinski definition) is 1. The molecule has 0 aliphatic carbocycles. The van der Waals surface area contributed by atoms with Gasteiger partial charge in [-0.1, -0.05) is 12.1 Å². The van der Waals surface area contributed by atoms with Gasteiger partial charge in [0.05, 0.1) is 0 Å². The largest absolute Gasteiger partial charge is 0.459 e. The van der Waals surface area contributed by atoms with E-state index in [0.717, 1.165) is 17.1 Å². The molecule has 0 aromatic heterocycles. The van der Waals surface area contributed by atoms with Crippen molar-refractivity contribution in [3.63, 3.8) is 0 Å². The van der Waals surface area contributed by atoms with Gasteiger partial charge < -0.3 is 19.5 Å². The molecule has 1 atom stereocenters. The molecule has 1 heterocycles. The molecular formula is C15H21NO4. The van der Waals surface area contributed by atoms with E-state index >= 15 is 0 Å². The van der Waals surface area contributed by atoms with Crippen LogP contribution in [0.3, 0.4) is 0 Å². The minimum atomic E-state index is -0.474. The van der Waals surface area contributed by atoms with Crippen LogP contribution in [-0.4, -0.2) is 24.4 Å². The first-order valence-electron chi connectivity index (χ1n) is 6.70. The van der Waals surface area contributed by atoms with Crippen LogP contribution in [0.4, 0.5) is 0 Å². The summed E-state index contributed by atoms with van der Waals surface area (Å²) in [6.07, 6.45) is 0. The lowest BCUT2D eigenvalue weighted by atomic mass is 10.1. The zero-order chi connectivity index (χ0) is 14.8. The quantitative estimate of drug-likeness (QED) is 0.857. The summed E-state index contributed by atoms with van der Waals surface area (Å²) in [5.74, 6) is 1.23. The third-order valence-corrected chi connectivity index (χ3v) is 2.84. The summed E-state index contributed by atoms with van der Waals surface area (Å²) >= 11 is 0. The van der Waals surface area contributed by atoms with E-state index in [1.54, 1.807) is 6.92 Å². The van der Waals surface area contributed by atoms with Gasteiger partial charge in [0.1, 0.15) is 11.6 Å².